The van der Waals surface area contributed by atoms with Crippen LogP contribution < -0.4 is 4.74 Å². The summed E-state index contributed by atoms with van der Waals surface area (Å²) in [5, 5.41) is 5.72. The van der Waals surface area contributed by atoms with Crippen LogP contribution in [0.5, 0.6) is 5.88 Å². The number of rotatable bonds is 5. The maximum Gasteiger partial charge on any atom is 0.254 e. The predicted octanol–water partition coefficient (Wildman–Crippen LogP) is 3.62. The van der Waals surface area contributed by atoms with E-state index in [0.717, 1.165) is 35.1 Å². The molecule has 4 heterocycles. The van der Waals surface area contributed by atoms with E-state index < -0.39 is 0 Å². The predicted molar refractivity (Wildman–Crippen MR) is 117 cm³/mol. The summed E-state index contributed by atoms with van der Waals surface area (Å²) in [6, 6.07) is 15.1. The molecule has 0 atom stereocenters. The van der Waals surface area contributed by atoms with Crippen LogP contribution in [0.3, 0.4) is 0 Å². The minimum atomic E-state index is 0.0252. The molecule has 156 valence electrons. The summed E-state index contributed by atoms with van der Waals surface area (Å²) in [6.07, 6.45) is 4.24. The van der Waals surface area contributed by atoms with Gasteiger partial charge in [-0.1, -0.05) is 12.1 Å². The van der Waals surface area contributed by atoms with E-state index in [2.05, 4.69) is 16.9 Å². The number of aromatic nitrogens is 4. The van der Waals surface area contributed by atoms with Crippen molar-refractivity contribution in [2.45, 2.75) is 33.0 Å². The standard InChI is InChI=1S/C24H23N5O2/c1-2-29-22-10-13-28(24(30)18-8-9-20-17(14-18)6-5-12-25-20)15-19(22)21(27-29)16-31-23-7-3-4-11-26-23/h3-9,11-12,14H,2,10,13,15-16H2,1H3. The average Bonchev–Trinajstić information content (AvgIpc) is 3.19. The van der Waals surface area contributed by atoms with Crippen molar-refractivity contribution >= 4 is 16.8 Å². The highest BCUT2D eigenvalue weighted by molar-refractivity contribution is 5.98. The summed E-state index contributed by atoms with van der Waals surface area (Å²) < 4.78 is 7.87. The summed E-state index contributed by atoms with van der Waals surface area (Å²) in [4.78, 5) is 23.7. The van der Waals surface area contributed by atoms with E-state index in [1.165, 1.54) is 5.69 Å². The van der Waals surface area contributed by atoms with Crippen molar-refractivity contribution < 1.29 is 9.53 Å². The Labute approximate surface area is 180 Å². The van der Waals surface area contributed by atoms with Crippen LogP contribution in [0.1, 0.15) is 34.2 Å². The molecule has 7 nitrogen and oxygen atoms in total. The minimum absolute atomic E-state index is 0.0252. The first-order valence-electron chi connectivity index (χ1n) is 10.5. The fourth-order valence-corrected chi connectivity index (χ4v) is 4.08. The van der Waals surface area contributed by atoms with Gasteiger partial charge < -0.3 is 9.64 Å². The van der Waals surface area contributed by atoms with E-state index >= 15 is 0 Å². The van der Waals surface area contributed by atoms with Gasteiger partial charge >= 0.3 is 0 Å². The average molecular weight is 413 g/mol. The van der Waals surface area contributed by atoms with Crippen LogP contribution in [0.15, 0.2) is 60.9 Å². The number of aryl methyl sites for hydroxylation is 1. The lowest BCUT2D eigenvalue weighted by molar-refractivity contribution is 0.0732. The van der Waals surface area contributed by atoms with Gasteiger partial charge in [0.1, 0.15) is 12.3 Å². The smallest absolute Gasteiger partial charge is 0.254 e. The van der Waals surface area contributed by atoms with E-state index in [0.29, 0.717) is 31.1 Å². The van der Waals surface area contributed by atoms with E-state index in [9.17, 15) is 4.79 Å². The van der Waals surface area contributed by atoms with Crippen LogP contribution in [0.4, 0.5) is 0 Å². The number of amides is 1. The van der Waals surface area contributed by atoms with Gasteiger partial charge in [0.05, 0.1) is 5.52 Å². The van der Waals surface area contributed by atoms with Crippen LogP contribution in [-0.2, 0) is 26.1 Å². The maximum atomic E-state index is 13.3. The molecule has 0 saturated carbocycles. The molecule has 4 aromatic rings. The van der Waals surface area contributed by atoms with Crippen molar-refractivity contribution in [2.75, 3.05) is 6.54 Å². The lowest BCUT2D eigenvalue weighted by atomic mass is 10.0. The van der Waals surface area contributed by atoms with E-state index in [1.807, 2.05) is 58.1 Å². The number of carbonyl (C=O) groups is 1. The molecular weight excluding hydrogens is 390 g/mol. The Morgan fingerprint density at radius 2 is 2.00 bits per heavy atom. The molecule has 1 aliphatic heterocycles. The quantitative estimate of drug-likeness (QED) is 0.500. The normalized spacial score (nSPS) is 13.3. The molecule has 1 aromatic carbocycles. The van der Waals surface area contributed by atoms with Gasteiger partial charge in [-0.3, -0.25) is 14.5 Å². The summed E-state index contributed by atoms with van der Waals surface area (Å²) in [6.45, 7) is 4.40. The molecular formula is C24H23N5O2. The van der Waals surface area contributed by atoms with Crippen molar-refractivity contribution in [2.24, 2.45) is 0 Å². The van der Waals surface area contributed by atoms with Crippen LogP contribution >= 0.6 is 0 Å². The molecule has 0 saturated heterocycles. The minimum Gasteiger partial charge on any atom is -0.471 e. The molecule has 0 bridgehead atoms. The summed E-state index contributed by atoms with van der Waals surface area (Å²) in [5.74, 6) is 0.591. The molecule has 31 heavy (non-hydrogen) atoms. The molecule has 0 spiro atoms. The largest absolute Gasteiger partial charge is 0.471 e. The van der Waals surface area contributed by atoms with Crippen LogP contribution in [0.25, 0.3) is 10.9 Å². The molecule has 1 aliphatic rings. The zero-order chi connectivity index (χ0) is 21.2. The molecule has 7 heteroatoms. The van der Waals surface area contributed by atoms with Crippen LogP contribution in [0, 0.1) is 0 Å². The topological polar surface area (TPSA) is 73.1 Å². The lowest BCUT2D eigenvalue weighted by Gasteiger charge is -2.28. The van der Waals surface area contributed by atoms with Gasteiger partial charge in [-0.05, 0) is 37.3 Å². The summed E-state index contributed by atoms with van der Waals surface area (Å²) >= 11 is 0. The Balaban J connectivity index is 1.39. The Morgan fingerprint density at radius 3 is 2.84 bits per heavy atom. The van der Waals surface area contributed by atoms with Gasteiger partial charge in [0.2, 0.25) is 5.88 Å². The fourth-order valence-electron chi connectivity index (χ4n) is 4.08. The van der Waals surface area contributed by atoms with Gasteiger partial charge in [-0.25, -0.2) is 4.98 Å². The number of nitrogens with zero attached hydrogens (tertiary/aromatic N) is 5. The first-order valence-corrected chi connectivity index (χ1v) is 10.5. The number of hydrogen-bond acceptors (Lipinski definition) is 5. The SMILES string of the molecule is CCn1nc(COc2ccccn2)c2c1CCN(C(=O)c1ccc3ncccc3c1)C2. The number of benzene rings is 1. The van der Waals surface area contributed by atoms with Crippen LogP contribution in [-0.4, -0.2) is 37.1 Å². The molecule has 1 amide bonds. The molecule has 3 aromatic heterocycles. The highest BCUT2D eigenvalue weighted by atomic mass is 16.5. The molecule has 0 N–H and O–H groups in total. The van der Waals surface area contributed by atoms with Gasteiger partial charge in [0, 0.05) is 66.7 Å². The molecule has 5 rings (SSSR count). The summed E-state index contributed by atoms with van der Waals surface area (Å²) in [5.41, 5.74) is 4.70. The van der Waals surface area contributed by atoms with Crippen LogP contribution in [0.2, 0.25) is 0 Å². The highest BCUT2D eigenvalue weighted by Crippen LogP contribution is 2.26. The second-order valence-corrected chi connectivity index (χ2v) is 7.53. The third-order valence-corrected chi connectivity index (χ3v) is 5.65. The maximum absolute atomic E-state index is 13.3. The zero-order valence-electron chi connectivity index (χ0n) is 17.4. The highest BCUT2D eigenvalue weighted by Gasteiger charge is 2.28. The fraction of sp³-hybridized carbons (Fsp3) is 0.250. The molecule has 0 radical (unpaired) electrons. The van der Waals surface area contributed by atoms with Gasteiger partial charge in [0.15, 0.2) is 0 Å². The Hall–Kier alpha value is -3.74. The Bertz CT molecular complexity index is 1240. The molecule has 0 aliphatic carbocycles. The third kappa shape index (κ3) is 3.74. The molecule has 0 fully saturated rings. The number of hydrogen-bond donors (Lipinski definition) is 0. The molecule has 0 unspecified atom stereocenters. The van der Waals surface area contributed by atoms with E-state index in [4.69, 9.17) is 9.84 Å². The number of fused-ring (bicyclic) bond motifs is 2. The van der Waals surface area contributed by atoms with Gasteiger partial charge in [-0.15, -0.1) is 0 Å². The van der Waals surface area contributed by atoms with Gasteiger partial charge in [0.25, 0.3) is 5.91 Å². The number of carbonyl (C=O) groups excluding carboxylic acids is 1. The van der Waals surface area contributed by atoms with E-state index in [1.54, 1.807) is 12.4 Å². The zero-order valence-corrected chi connectivity index (χ0v) is 17.4. The Morgan fingerprint density at radius 1 is 1.10 bits per heavy atom. The first-order chi connectivity index (χ1) is 15.2. The third-order valence-electron chi connectivity index (χ3n) is 5.65. The van der Waals surface area contributed by atoms with Crippen molar-refractivity contribution in [1.82, 2.24) is 24.6 Å². The van der Waals surface area contributed by atoms with Crippen molar-refractivity contribution in [3.8, 4) is 5.88 Å². The van der Waals surface area contributed by atoms with Crippen molar-refractivity contribution in [1.29, 1.82) is 0 Å². The lowest BCUT2D eigenvalue weighted by Crippen LogP contribution is -2.36. The number of ether oxygens (including phenoxy) is 1. The summed E-state index contributed by atoms with van der Waals surface area (Å²) in [7, 11) is 0. The van der Waals surface area contributed by atoms with Crippen molar-refractivity contribution in [3.05, 3.63) is 83.4 Å². The van der Waals surface area contributed by atoms with Crippen molar-refractivity contribution in [3.63, 3.8) is 0 Å². The monoisotopic (exact) mass is 413 g/mol. The van der Waals surface area contributed by atoms with E-state index in [-0.39, 0.29) is 5.91 Å². The second-order valence-electron chi connectivity index (χ2n) is 7.53. The van der Waals surface area contributed by atoms with Gasteiger partial charge in [-0.2, -0.15) is 5.10 Å². The number of pyridine rings is 2. The second kappa shape index (κ2) is 8.18. The Kier molecular flexibility index (Phi) is 5.08. The first kappa shape index (κ1) is 19.2.